The molecule has 2 aromatic carbocycles. The molecule has 0 fully saturated rings. The van der Waals surface area contributed by atoms with Crippen LogP contribution in [0.3, 0.4) is 0 Å². The van der Waals surface area contributed by atoms with E-state index in [1.807, 2.05) is 44.3 Å². The number of nitrogens with one attached hydrogen (secondary N) is 2. The van der Waals surface area contributed by atoms with Crippen molar-refractivity contribution in [3.8, 4) is 5.69 Å². The standard InChI is InChI=1S/C20H20N4O3S/c1-13-17(18(25)24(23(13)2)16-10-5-4-6-11-16)22-20(28)21-15-9-7-8-14(12-15)19(26)27-3/h4-12H,1-3H3,(H2,21,22,28). The van der Waals surface area contributed by atoms with Gasteiger partial charge in [-0.05, 0) is 49.5 Å². The van der Waals surface area contributed by atoms with Crippen LogP contribution < -0.4 is 16.2 Å². The number of para-hydroxylation sites is 1. The van der Waals surface area contributed by atoms with Crippen molar-refractivity contribution in [2.45, 2.75) is 6.92 Å². The van der Waals surface area contributed by atoms with Crippen LogP contribution in [0.5, 0.6) is 0 Å². The third kappa shape index (κ3) is 3.81. The number of methoxy groups -OCH3 is 1. The number of hydrogen-bond donors (Lipinski definition) is 2. The zero-order chi connectivity index (χ0) is 20.3. The molecule has 144 valence electrons. The van der Waals surface area contributed by atoms with E-state index < -0.39 is 5.97 Å². The summed E-state index contributed by atoms with van der Waals surface area (Å²) in [6, 6.07) is 16.1. The number of aromatic nitrogens is 2. The van der Waals surface area contributed by atoms with Gasteiger partial charge in [-0.1, -0.05) is 24.3 Å². The van der Waals surface area contributed by atoms with Crippen LogP contribution in [0, 0.1) is 6.92 Å². The number of rotatable bonds is 4. The number of esters is 1. The van der Waals surface area contributed by atoms with E-state index in [0.29, 0.717) is 16.9 Å². The minimum atomic E-state index is -0.438. The molecule has 0 aliphatic carbocycles. The third-order valence-electron chi connectivity index (χ3n) is 4.33. The van der Waals surface area contributed by atoms with Crippen LogP contribution in [0.4, 0.5) is 11.4 Å². The smallest absolute Gasteiger partial charge is 0.337 e. The van der Waals surface area contributed by atoms with Crippen LogP contribution in [0.2, 0.25) is 0 Å². The minimum absolute atomic E-state index is 0.210. The molecular weight excluding hydrogens is 376 g/mol. The highest BCUT2D eigenvalue weighted by Gasteiger charge is 2.17. The van der Waals surface area contributed by atoms with Crippen molar-refractivity contribution in [2.24, 2.45) is 7.05 Å². The number of anilines is 2. The van der Waals surface area contributed by atoms with E-state index in [1.54, 1.807) is 33.6 Å². The largest absolute Gasteiger partial charge is 0.465 e. The monoisotopic (exact) mass is 396 g/mol. The summed E-state index contributed by atoms with van der Waals surface area (Å²) in [5.41, 5.74) is 2.68. The first-order valence-electron chi connectivity index (χ1n) is 8.52. The lowest BCUT2D eigenvalue weighted by Gasteiger charge is -2.10. The summed E-state index contributed by atoms with van der Waals surface area (Å²) in [5, 5.41) is 6.20. The van der Waals surface area contributed by atoms with Gasteiger partial charge in [-0.2, -0.15) is 0 Å². The maximum atomic E-state index is 12.9. The Hall–Kier alpha value is -3.39. The lowest BCUT2D eigenvalue weighted by atomic mass is 10.2. The fourth-order valence-corrected chi connectivity index (χ4v) is 3.05. The molecule has 3 aromatic rings. The lowest BCUT2D eigenvalue weighted by Crippen LogP contribution is -2.25. The van der Waals surface area contributed by atoms with Crippen LogP contribution in [0.1, 0.15) is 16.1 Å². The van der Waals surface area contributed by atoms with Gasteiger partial charge >= 0.3 is 5.97 Å². The topological polar surface area (TPSA) is 77.3 Å². The molecule has 0 bridgehead atoms. The summed E-state index contributed by atoms with van der Waals surface area (Å²) in [6.45, 7) is 1.84. The molecule has 1 heterocycles. The number of ether oxygens (including phenoxy) is 1. The second kappa shape index (κ2) is 8.10. The highest BCUT2D eigenvalue weighted by atomic mass is 32.1. The van der Waals surface area contributed by atoms with Crippen LogP contribution in [-0.2, 0) is 11.8 Å². The summed E-state index contributed by atoms with van der Waals surface area (Å²) in [7, 11) is 3.13. The lowest BCUT2D eigenvalue weighted by molar-refractivity contribution is 0.0601. The van der Waals surface area contributed by atoms with E-state index in [-0.39, 0.29) is 10.7 Å². The average Bonchev–Trinajstić information content (AvgIpc) is 2.91. The SMILES string of the molecule is COC(=O)c1cccc(NC(=S)Nc2c(C)n(C)n(-c3ccccc3)c2=O)c1. The van der Waals surface area contributed by atoms with Gasteiger partial charge in [0.15, 0.2) is 5.11 Å². The Morgan fingerprint density at radius 3 is 2.46 bits per heavy atom. The summed E-state index contributed by atoms with van der Waals surface area (Å²) in [6.07, 6.45) is 0. The van der Waals surface area contributed by atoms with Gasteiger partial charge in [-0.3, -0.25) is 9.48 Å². The predicted molar refractivity (Wildman–Crippen MR) is 113 cm³/mol. The van der Waals surface area contributed by atoms with Crippen molar-refractivity contribution in [1.29, 1.82) is 0 Å². The molecule has 0 radical (unpaired) electrons. The van der Waals surface area contributed by atoms with Crippen LogP contribution in [0.15, 0.2) is 59.4 Å². The van der Waals surface area contributed by atoms with E-state index in [4.69, 9.17) is 17.0 Å². The van der Waals surface area contributed by atoms with Crippen LogP contribution in [0.25, 0.3) is 5.69 Å². The highest BCUT2D eigenvalue weighted by Crippen LogP contribution is 2.16. The molecule has 0 spiro atoms. The van der Waals surface area contributed by atoms with Crippen molar-refractivity contribution >= 4 is 34.7 Å². The van der Waals surface area contributed by atoms with E-state index in [2.05, 4.69) is 10.6 Å². The molecular formula is C20H20N4O3S. The van der Waals surface area contributed by atoms with Gasteiger partial charge in [0.25, 0.3) is 5.56 Å². The van der Waals surface area contributed by atoms with Crippen molar-refractivity contribution in [2.75, 3.05) is 17.7 Å². The summed E-state index contributed by atoms with van der Waals surface area (Å²) < 4.78 is 8.05. The fraction of sp³-hybridized carbons (Fsp3) is 0.150. The predicted octanol–water partition coefficient (Wildman–Crippen LogP) is 3.08. The molecule has 0 amide bonds. The number of benzene rings is 2. The number of thiocarbonyl (C=S) groups is 1. The number of nitrogens with zero attached hydrogens (tertiary/aromatic N) is 2. The molecule has 8 heteroatoms. The Labute approximate surface area is 167 Å². The Kier molecular flexibility index (Phi) is 5.60. The molecule has 0 saturated carbocycles. The van der Waals surface area contributed by atoms with Gasteiger partial charge < -0.3 is 15.4 Å². The van der Waals surface area contributed by atoms with Crippen molar-refractivity contribution in [3.63, 3.8) is 0 Å². The van der Waals surface area contributed by atoms with Gasteiger partial charge in [0.05, 0.1) is 24.1 Å². The summed E-state index contributed by atoms with van der Waals surface area (Å²) >= 11 is 5.35. The molecule has 28 heavy (non-hydrogen) atoms. The molecule has 0 saturated heterocycles. The normalized spacial score (nSPS) is 10.4. The van der Waals surface area contributed by atoms with Gasteiger partial charge in [0, 0.05) is 12.7 Å². The Morgan fingerprint density at radius 1 is 1.07 bits per heavy atom. The van der Waals surface area contributed by atoms with E-state index in [0.717, 1.165) is 11.4 Å². The van der Waals surface area contributed by atoms with E-state index in [1.165, 1.54) is 7.11 Å². The zero-order valence-electron chi connectivity index (χ0n) is 15.7. The summed E-state index contributed by atoms with van der Waals surface area (Å²) in [4.78, 5) is 24.6. The zero-order valence-corrected chi connectivity index (χ0v) is 16.5. The number of hydrogen-bond acceptors (Lipinski definition) is 4. The number of carbonyl (C=O) groups excluding carboxylic acids is 1. The summed E-state index contributed by atoms with van der Waals surface area (Å²) in [5.74, 6) is -0.438. The maximum absolute atomic E-state index is 12.9. The molecule has 1 aromatic heterocycles. The second-order valence-electron chi connectivity index (χ2n) is 6.09. The molecule has 3 rings (SSSR count). The molecule has 2 N–H and O–H groups in total. The minimum Gasteiger partial charge on any atom is -0.465 e. The van der Waals surface area contributed by atoms with Gasteiger partial charge in [-0.25, -0.2) is 9.48 Å². The average molecular weight is 396 g/mol. The molecule has 0 aliphatic rings. The van der Waals surface area contributed by atoms with Crippen molar-refractivity contribution in [1.82, 2.24) is 9.36 Å². The fourth-order valence-electron chi connectivity index (χ4n) is 2.83. The third-order valence-corrected chi connectivity index (χ3v) is 4.54. The first-order valence-corrected chi connectivity index (χ1v) is 8.93. The molecule has 7 nitrogen and oxygen atoms in total. The quantitative estimate of drug-likeness (QED) is 0.521. The highest BCUT2D eigenvalue weighted by molar-refractivity contribution is 7.80. The Bertz CT molecular complexity index is 1090. The van der Waals surface area contributed by atoms with Crippen LogP contribution in [-0.4, -0.2) is 27.6 Å². The molecule has 0 unspecified atom stereocenters. The van der Waals surface area contributed by atoms with E-state index in [9.17, 15) is 9.59 Å². The molecule has 0 atom stereocenters. The van der Waals surface area contributed by atoms with Gasteiger partial charge in [0.2, 0.25) is 0 Å². The van der Waals surface area contributed by atoms with Gasteiger partial charge in [0.1, 0.15) is 5.69 Å². The first-order chi connectivity index (χ1) is 13.4. The van der Waals surface area contributed by atoms with Crippen LogP contribution >= 0.6 is 12.2 Å². The van der Waals surface area contributed by atoms with Crippen molar-refractivity contribution in [3.05, 3.63) is 76.2 Å². The second-order valence-corrected chi connectivity index (χ2v) is 6.50. The Balaban J connectivity index is 1.84. The number of carbonyl (C=O) groups is 1. The Morgan fingerprint density at radius 2 is 1.79 bits per heavy atom. The van der Waals surface area contributed by atoms with Crippen molar-refractivity contribution < 1.29 is 9.53 Å². The first kappa shape index (κ1) is 19.4. The molecule has 0 aliphatic heterocycles. The van der Waals surface area contributed by atoms with Gasteiger partial charge in [-0.15, -0.1) is 0 Å². The van der Waals surface area contributed by atoms with E-state index >= 15 is 0 Å². The maximum Gasteiger partial charge on any atom is 0.337 e.